The predicted molar refractivity (Wildman–Crippen MR) is 76.4 cm³/mol. The van der Waals surface area contributed by atoms with Crippen LogP contribution in [0.2, 0.25) is 0 Å². The zero-order chi connectivity index (χ0) is 14.7. The van der Waals surface area contributed by atoms with Gasteiger partial charge in [0, 0.05) is 11.8 Å². The predicted octanol–water partition coefficient (Wildman–Crippen LogP) is 2.07. The molecule has 2 rings (SSSR count). The van der Waals surface area contributed by atoms with Gasteiger partial charge in [-0.15, -0.1) is 0 Å². The summed E-state index contributed by atoms with van der Waals surface area (Å²) in [6, 6.07) is 8.28. The SMILES string of the molecule is Cc1ncc(Br)c(=O)n1CC(=O)c1ccc(C#N)cc1. The fourth-order valence-electron chi connectivity index (χ4n) is 1.70. The van der Waals surface area contributed by atoms with E-state index in [4.69, 9.17) is 5.26 Å². The first-order valence-electron chi connectivity index (χ1n) is 5.78. The number of hydrogen-bond acceptors (Lipinski definition) is 4. The molecule has 0 bridgehead atoms. The molecule has 0 fully saturated rings. The van der Waals surface area contributed by atoms with E-state index >= 15 is 0 Å². The second kappa shape index (κ2) is 5.80. The van der Waals surface area contributed by atoms with Crippen LogP contribution in [0.5, 0.6) is 0 Å². The Kier molecular flexibility index (Phi) is 4.11. The van der Waals surface area contributed by atoms with E-state index in [0.29, 0.717) is 21.4 Å². The average Bonchev–Trinajstić information content (AvgIpc) is 2.47. The van der Waals surface area contributed by atoms with E-state index in [1.807, 2.05) is 6.07 Å². The topological polar surface area (TPSA) is 75.8 Å². The molecule has 0 amide bonds. The molecule has 0 saturated heterocycles. The number of aryl methyl sites for hydroxylation is 1. The summed E-state index contributed by atoms with van der Waals surface area (Å²) in [7, 11) is 0. The maximum Gasteiger partial charge on any atom is 0.268 e. The highest BCUT2D eigenvalue weighted by Crippen LogP contribution is 2.07. The highest BCUT2D eigenvalue weighted by atomic mass is 79.9. The Hall–Kier alpha value is -2.26. The summed E-state index contributed by atoms with van der Waals surface area (Å²) in [6.45, 7) is 1.59. The average molecular weight is 332 g/mol. The van der Waals surface area contributed by atoms with Crippen molar-refractivity contribution in [3.8, 4) is 6.07 Å². The van der Waals surface area contributed by atoms with Gasteiger partial charge in [0.25, 0.3) is 5.56 Å². The number of nitrogens with zero attached hydrogens (tertiary/aromatic N) is 3. The van der Waals surface area contributed by atoms with Crippen LogP contribution in [-0.4, -0.2) is 15.3 Å². The summed E-state index contributed by atoms with van der Waals surface area (Å²) in [4.78, 5) is 28.1. The number of halogens is 1. The molecule has 0 aliphatic heterocycles. The molecular weight excluding hydrogens is 322 g/mol. The molecule has 0 aliphatic carbocycles. The normalized spacial score (nSPS) is 10.1. The monoisotopic (exact) mass is 331 g/mol. The number of carbonyl (C=O) groups is 1. The number of rotatable bonds is 3. The summed E-state index contributed by atoms with van der Waals surface area (Å²) >= 11 is 3.10. The Bertz CT molecular complexity index is 757. The molecule has 0 atom stereocenters. The molecule has 0 saturated carbocycles. The Morgan fingerprint density at radius 3 is 2.65 bits per heavy atom. The van der Waals surface area contributed by atoms with E-state index < -0.39 is 0 Å². The summed E-state index contributed by atoms with van der Waals surface area (Å²) in [6.07, 6.45) is 1.42. The second-order valence-electron chi connectivity index (χ2n) is 4.16. The van der Waals surface area contributed by atoms with Crippen LogP contribution in [0.4, 0.5) is 0 Å². The van der Waals surface area contributed by atoms with Gasteiger partial charge in [-0.25, -0.2) is 4.98 Å². The minimum absolute atomic E-state index is 0.0804. The molecule has 1 aromatic heterocycles. The van der Waals surface area contributed by atoms with Crippen LogP contribution >= 0.6 is 15.9 Å². The van der Waals surface area contributed by atoms with Crippen LogP contribution < -0.4 is 5.56 Å². The molecule has 0 N–H and O–H groups in total. The van der Waals surface area contributed by atoms with Crippen molar-refractivity contribution in [1.29, 1.82) is 5.26 Å². The largest absolute Gasteiger partial charge is 0.292 e. The Morgan fingerprint density at radius 1 is 1.40 bits per heavy atom. The van der Waals surface area contributed by atoms with Crippen LogP contribution in [0.3, 0.4) is 0 Å². The van der Waals surface area contributed by atoms with E-state index in [-0.39, 0.29) is 17.9 Å². The third-order valence-corrected chi connectivity index (χ3v) is 3.39. The lowest BCUT2D eigenvalue weighted by Gasteiger charge is -2.08. The van der Waals surface area contributed by atoms with Crippen molar-refractivity contribution >= 4 is 21.7 Å². The number of aromatic nitrogens is 2. The van der Waals surface area contributed by atoms with E-state index in [2.05, 4.69) is 20.9 Å². The molecule has 1 aromatic carbocycles. The van der Waals surface area contributed by atoms with E-state index in [0.717, 1.165) is 0 Å². The summed E-state index contributed by atoms with van der Waals surface area (Å²) in [5.74, 6) is 0.264. The zero-order valence-electron chi connectivity index (χ0n) is 10.6. The Morgan fingerprint density at radius 2 is 2.05 bits per heavy atom. The number of benzene rings is 1. The first kappa shape index (κ1) is 14.2. The fourth-order valence-corrected chi connectivity index (χ4v) is 2.02. The molecule has 5 nitrogen and oxygen atoms in total. The lowest BCUT2D eigenvalue weighted by atomic mass is 10.1. The quantitative estimate of drug-likeness (QED) is 0.807. The molecule has 0 unspecified atom stereocenters. The van der Waals surface area contributed by atoms with Gasteiger partial charge in [-0.05, 0) is 35.0 Å². The van der Waals surface area contributed by atoms with Gasteiger partial charge >= 0.3 is 0 Å². The third-order valence-electron chi connectivity index (χ3n) is 2.84. The van der Waals surface area contributed by atoms with Crippen molar-refractivity contribution in [3.05, 3.63) is 62.2 Å². The first-order chi connectivity index (χ1) is 9.52. The molecule has 20 heavy (non-hydrogen) atoms. The minimum atomic E-state index is -0.292. The second-order valence-corrected chi connectivity index (χ2v) is 5.01. The van der Waals surface area contributed by atoms with Gasteiger partial charge in [-0.1, -0.05) is 12.1 Å². The molecule has 6 heteroatoms. The number of hydrogen-bond donors (Lipinski definition) is 0. The van der Waals surface area contributed by atoms with Gasteiger partial charge in [0.1, 0.15) is 10.3 Å². The van der Waals surface area contributed by atoms with Gasteiger partial charge in [-0.2, -0.15) is 5.26 Å². The summed E-state index contributed by atoms with van der Waals surface area (Å²) in [5, 5.41) is 8.71. The summed E-state index contributed by atoms with van der Waals surface area (Å²) < 4.78 is 1.63. The standard InChI is InChI=1S/C14H10BrN3O2/c1-9-17-7-12(15)14(20)18(9)8-13(19)11-4-2-10(6-16)3-5-11/h2-5,7H,8H2,1H3. The van der Waals surface area contributed by atoms with Gasteiger partial charge in [0.05, 0.1) is 18.2 Å². The zero-order valence-corrected chi connectivity index (χ0v) is 12.2. The van der Waals surface area contributed by atoms with Crippen molar-refractivity contribution < 1.29 is 4.79 Å². The van der Waals surface area contributed by atoms with Crippen molar-refractivity contribution in [3.63, 3.8) is 0 Å². The molecular formula is C14H10BrN3O2. The molecule has 0 aliphatic rings. The van der Waals surface area contributed by atoms with Crippen LogP contribution in [0.25, 0.3) is 0 Å². The Balaban J connectivity index is 2.30. The maximum absolute atomic E-state index is 12.1. The van der Waals surface area contributed by atoms with E-state index in [1.54, 1.807) is 31.2 Å². The molecule has 100 valence electrons. The first-order valence-corrected chi connectivity index (χ1v) is 6.57. The van der Waals surface area contributed by atoms with Crippen molar-refractivity contribution in [2.45, 2.75) is 13.5 Å². The van der Waals surface area contributed by atoms with Crippen LogP contribution in [-0.2, 0) is 6.54 Å². The van der Waals surface area contributed by atoms with Gasteiger partial charge in [0.2, 0.25) is 0 Å². The highest BCUT2D eigenvalue weighted by molar-refractivity contribution is 9.10. The number of Topliss-reactive ketones (excluding diaryl/α,β-unsaturated/α-hetero) is 1. The fraction of sp³-hybridized carbons (Fsp3) is 0.143. The smallest absolute Gasteiger partial charge is 0.268 e. The van der Waals surface area contributed by atoms with E-state index in [9.17, 15) is 9.59 Å². The summed E-state index contributed by atoms with van der Waals surface area (Å²) in [5.41, 5.74) is 0.647. The lowest BCUT2D eigenvalue weighted by Crippen LogP contribution is -2.27. The highest BCUT2D eigenvalue weighted by Gasteiger charge is 2.11. The lowest BCUT2D eigenvalue weighted by molar-refractivity contribution is 0.0969. The number of nitriles is 1. The number of carbonyl (C=O) groups excluding carboxylic acids is 1. The van der Waals surface area contributed by atoms with Crippen LogP contribution in [0.1, 0.15) is 21.7 Å². The molecule has 0 spiro atoms. The van der Waals surface area contributed by atoms with Crippen molar-refractivity contribution in [1.82, 2.24) is 9.55 Å². The van der Waals surface area contributed by atoms with Crippen molar-refractivity contribution in [2.24, 2.45) is 0 Å². The van der Waals surface area contributed by atoms with Gasteiger partial charge < -0.3 is 0 Å². The van der Waals surface area contributed by atoms with E-state index in [1.165, 1.54) is 10.8 Å². The Labute approximate surface area is 123 Å². The maximum atomic E-state index is 12.1. The van der Waals surface area contributed by atoms with Gasteiger partial charge in [-0.3, -0.25) is 14.2 Å². The molecule has 2 aromatic rings. The minimum Gasteiger partial charge on any atom is -0.292 e. The van der Waals surface area contributed by atoms with Crippen LogP contribution in [0, 0.1) is 18.3 Å². The third kappa shape index (κ3) is 2.83. The molecule has 0 radical (unpaired) electrons. The van der Waals surface area contributed by atoms with Crippen molar-refractivity contribution in [2.75, 3.05) is 0 Å². The van der Waals surface area contributed by atoms with Crippen LogP contribution in [0.15, 0.2) is 39.7 Å². The molecule has 1 heterocycles. The van der Waals surface area contributed by atoms with Gasteiger partial charge in [0.15, 0.2) is 5.78 Å². The number of ketones is 1.